The summed E-state index contributed by atoms with van der Waals surface area (Å²) in [4.78, 5) is 15.7. The van der Waals surface area contributed by atoms with Crippen LogP contribution in [0.1, 0.15) is 44.9 Å². The lowest BCUT2D eigenvalue weighted by atomic mass is 9.85. The standard InChI is InChI=1S/C32H31BrN4O9/c1-39-20-8-6-17(12-22(20)41-3)37-14-16(34-35-37)13-36-11-10-18-23(29(43-5)31-30(25(18)33)44-15-45-31)26(36)27-19-7-9-21(40-2)28(42-4)24(19)32(38)46-27/h6-9,12,14,26-27H,10-11,13,15H2,1-5H3/t26-,27+/m1/s1. The molecule has 0 radical (unpaired) electrons. The highest BCUT2D eigenvalue weighted by Crippen LogP contribution is 2.58. The zero-order chi connectivity index (χ0) is 32.1. The minimum atomic E-state index is -0.719. The number of esters is 1. The van der Waals surface area contributed by atoms with E-state index in [1.54, 1.807) is 32.1 Å². The highest BCUT2D eigenvalue weighted by atomic mass is 79.9. The fourth-order valence-electron chi connectivity index (χ4n) is 6.52. The molecule has 0 amide bonds. The van der Waals surface area contributed by atoms with Gasteiger partial charge in [0.1, 0.15) is 11.7 Å². The van der Waals surface area contributed by atoms with Crippen LogP contribution in [0.5, 0.6) is 40.2 Å². The number of benzene rings is 3. The van der Waals surface area contributed by atoms with E-state index in [1.165, 1.54) is 14.2 Å². The maximum Gasteiger partial charge on any atom is 0.343 e. The zero-order valence-corrected chi connectivity index (χ0v) is 27.4. The third kappa shape index (κ3) is 4.66. The summed E-state index contributed by atoms with van der Waals surface area (Å²) in [7, 11) is 7.80. The molecule has 0 saturated heterocycles. The molecule has 0 N–H and O–H groups in total. The largest absolute Gasteiger partial charge is 0.493 e. The van der Waals surface area contributed by atoms with Gasteiger partial charge in [-0.2, -0.15) is 0 Å². The quantitative estimate of drug-likeness (QED) is 0.223. The first-order valence-corrected chi connectivity index (χ1v) is 15.2. The monoisotopic (exact) mass is 694 g/mol. The van der Waals surface area contributed by atoms with Gasteiger partial charge < -0.3 is 37.9 Å². The van der Waals surface area contributed by atoms with Crippen molar-refractivity contribution >= 4 is 21.9 Å². The molecule has 0 saturated carbocycles. The van der Waals surface area contributed by atoms with Crippen LogP contribution < -0.4 is 33.2 Å². The number of ether oxygens (including phenoxy) is 8. The Morgan fingerprint density at radius 1 is 0.913 bits per heavy atom. The van der Waals surface area contributed by atoms with Crippen molar-refractivity contribution < 1.29 is 42.7 Å². The number of carbonyl (C=O) groups excluding carboxylic acids is 1. The van der Waals surface area contributed by atoms with Crippen LogP contribution in [0, 0.1) is 0 Å². The van der Waals surface area contributed by atoms with Crippen molar-refractivity contribution in [2.24, 2.45) is 0 Å². The first-order chi connectivity index (χ1) is 22.4. The van der Waals surface area contributed by atoms with E-state index in [-0.39, 0.29) is 6.79 Å². The number of methoxy groups -OCH3 is 5. The van der Waals surface area contributed by atoms with E-state index in [2.05, 4.69) is 31.1 Å². The molecule has 0 bridgehead atoms. The first-order valence-electron chi connectivity index (χ1n) is 14.4. The van der Waals surface area contributed by atoms with Crippen LogP contribution in [0.25, 0.3) is 5.69 Å². The predicted octanol–water partition coefficient (Wildman–Crippen LogP) is 4.81. The molecule has 7 rings (SSSR count). The van der Waals surface area contributed by atoms with Crippen molar-refractivity contribution in [1.82, 2.24) is 19.9 Å². The summed E-state index contributed by atoms with van der Waals surface area (Å²) in [6.07, 6.45) is 1.80. The minimum absolute atomic E-state index is 0.0685. The van der Waals surface area contributed by atoms with Gasteiger partial charge in [-0.25, -0.2) is 9.48 Å². The molecule has 46 heavy (non-hydrogen) atoms. The summed E-state index contributed by atoms with van der Waals surface area (Å²) in [6.45, 7) is 1.07. The highest BCUT2D eigenvalue weighted by Gasteiger charge is 2.48. The number of nitrogens with zero attached hydrogens (tertiary/aromatic N) is 4. The van der Waals surface area contributed by atoms with Gasteiger partial charge in [-0.1, -0.05) is 11.3 Å². The summed E-state index contributed by atoms with van der Waals surface area (Å²) in [5.74, 6) is 3.08. The fourth-order valence-corrected chi connectivity index (χ4v) is 7.22. The van der Waals surface area contributed by atoms with Crippen molar-refractivity contribution in [2.45, 2.75) is 25.1 Å². The number of aromatic nitrogens is 3. The van der Waals surface area contributed by atoms with Crippen molar-refractivity contribution in [1.29, 1.82) is 0 Å². The zero-order valence-electron chi connectivity index (χ0n) is 25.8. The van der Waals surface area contributed by atoms with Crippen LogP contribution in [0.3, 0.4) is 0 Å². The molecule has 4 heterocycles. The highest BCUT2D eigenvalue weighted by molar-refractivity contribution is 9.10. The Labute approximate surface area is 272 Å². The molecule has 1 aromatic heterocycles. The summed E-state index contributed by atoms with van der Waals surface area (Å²) in [5.41, 5.74) is 4.29. The van der Waals surface area contributed by atoms with Gasteiger partial charge in [0.25, 0.3) is 0 Å². The molecule has 240 valence electrons. The molecule has 3 aromatic carbocycles. The number of fused-ring (bicyclic) bond motifs is 3. The summed E-state index contributed by atoms with van der Waals surface area (Å²) >= 11 is 3.77. The van der Waals surface area contributed by atoms with E-state index >= 15 is 0 Å². The fraction of sp³-hybridized carbons (Fsp3) is 0.344. The molecule has 3 aliphatic heterocycles. The summed E-state index contributed by atoms with van der Waals surface area (Å²) in [6, 6.07) is 8.65. The smallest absolute Gasteiger partial charge is 0.343 e. The topological polar surface area (TPSA) is 125 Å². The Hall–Kier alpha value is -4.69. The molecule has 2 atom stereocenters. The number of rotatable bonds is 9. The second-order valence-corrected chi connectivity index (χ2v) is 11.5. The van der Waals surface area contributed by atoms with Gasteiger partial charge in [-0.05, 0) is 46.1 Å². The van der Waals surface area contributed by atoms with Crippen LogP contribution in [-0.2, 0) is 17.7 Å². The average molecular weight is 696 g/mol. The van der Waals surface area contributed by atoms with Crippen molar-refractivity contribution in [3.63, 3.8) is 0 Å². The van der Waals surface area contributed by atoms with Gasteiger partial charge in [-0.15, -0.1) is 5.10 Å². The van der Waals surface area contributed by atoms with Crippen LogP contribution in [-0.4, -0.2) is 74.7 Å². The minimum Gasteiger partial charge on any atom is -0.493 e. The predicted molar refractivity (Wildman–Crippen MR) is 166 cm³/mol. The van der Waals surface area contributed by atoms with E-state index in [4.69, 9.17) is 37.9 Å². The van der Waals surface area contributed by atoms with Gasteiger partial charge in [0, 0.05) is 30.3 Å². The Morgan fingerprint density at radius 2 is 1.65 bits per heavy atom. The molecular formula is C32H31BrN4O9. The average Bonchev–Trinajstić information content (AvgIpc) is 3.84. The molecule has 13 nitrogen and oxygen atoms in total. The molecule has 14 heteroatoms. The van der Waals surface area contributed by atoms with Gasteiger partial charge in [-0.3, -0.25) is 4.90 Å². The van der Waals surface area contributed by atoms with E-state index in [1.807, 2.05) is 30.5 Å². The lowest BCUT2D eigenvalue weighted by Gasteiger charge is -2.40. The Balaban J connectivity index is 1.33. The lowest BCUT2D eigenvalue weighted by Crippen LogP contribution is -2.39. The summed E-state index contributed by atoms with van der Waals surface area (Å²) < 4.78 is 48.3. The number of hydrogen-bond donors (Lipinski definition) is 0. The van der Waals surface area contributed by atoms with Crippen molar-refractivity contribution in [2.75, 3.05) is 48.9 Å². The second kappa shape index (κ2) is 11.9. The molecule has 0 aliphatic carbocycles. The molecule has 0 fully saturated rings. The maximum absolute atomic E-state index is 13.5. The Bertz CT molecular complexity index is 1840. The maximum atomic E-state index is 13.5. The number of cyclic esters (lactones) is 1. The Kier molecular flexibility index (Phi) is 7.77. The van der Waals surface area contributed by atoms with E-state index in [0.717, 1.165) is 21.3 Å². The number of hydrogen-bond acceptors (Lipinski definition) is 12. The molecular weight excluding hydrogens is 664 g/mol. The van der Waals surface area contributed by atoms with Gasteiger partial charge in [0.15, 0.2) is 34.5 Å². The van der Waals surface area contributed by atoms with Gasteiger partial charge in [0.2, 0.25) is 12.5 Å². The van der Waals surface area contributed by atoms with Gasteiger partial charge in [0.05, 0.1) is 63.6 Å². The first kappa shape index (κ1) is 30.0. The van der Waals surface area contributed by atoms with Crippen LogP contribution in [0.2, 0.25) is 0 Å². The lowest BCUT2D eigenvalue weighted by molar-refractivity contribution is 0.000179. The normalized spacial score (nSPS) is 18.1. The third-order valence-corrected chi connectivity index (χ3v) is 9.38. The number of carbonyl (C=O) groups is 1. The molecule has 0 spiro atoms. The van der Waals surface area contributed by atoms with E-state index in [0.29, 0.717) is 76.6 Å². The van der Waals surface area contributed by atoms with E-state index < -0.39 is 18.1 Å². The second-order valence-electron chi connectivity index (χ2n) is 10.8. The van der Waals surface area contributed by atoms with Crippen LogP contribution >= 0.6 is 15.9 Å². The third-order valence-electron chi connectivity index (χ3n) is 8.54. The van der Waals surface area contributed by atoms with Crippen LogP contribution in [0.15, 0.2) is 41.0 Å². The molecule has 4 aromatic rings. The van der Waals surface area contributed by atoms with Crippen LogP contribution in [0.4, 0.5) is 0 Å². The Morgan fingerprint density at radius 3 is 2.39 bits per heavy atom. The van der Waals surface area contributed by atoms with Crippen molar-refractivity contribution in [3.8, 4) is 45.9 Å². The molecule has 0 unspecified atom stereocenters. The number of halogens is 1. The SMILES string of the molecule is COc1ccc(-n2cc(CN3CCc4c(Br)c5c(c(OC)c4[C@@H]3[C@H]3OC(=O)c4c3ccc(OC)c4OC)OCO5)nn2)cc1OC. The van der Waals surface area contributed by atoms with Crippen molar-refractivity contribution in [3.05, 3.63) is 68.9 Å². The van der Waals surface area contributed by atoms with E-state index in [9.17, 15) is 4.79 Å². The summed E-state index contributed by atoms with van der Waals surface area (Å²) in [5, 5.41) is 8.89. The van der Waals surface area contributed by atoms with Gasteiger partial charge >= 0.3 is 5.97 Å². The molecule has 3 aliphatic rings.